The van der Waals surface area contributed by atoms with Crippen LogP contribution < -0.4 is 9.80 Å². The number of carbonyl (C=O) groups excluding carboxylic acids is 1. The minimum atomic E-state index is 0.105. The van der Waals surface area contributed by atoms with E-state index in [9.17, 15) is 4.79 Å². The van der Waals surface area contributed by atoms with Crippen molar-refractivity contribution in [3.05, 3.63) is 41.2 Å². The van der Waals surface area contributed by atoms with Crippen LogP contribution in [0.1, 0.15) is 36.7 Å². The number of hydrogen-bond acceptors (Lipinski definition) is 7. The number of carbonyl (C=O) groups is 1. The van der Waals surface area contributed by atoms with Crippen LogP contribution in [-0.2, 0) is 11.2 Å². The van der Waals surface area contributed by atoms with E-state index >= 15 is 0 Å². The third kappa shape index (κ3) is 4.67. The molecule has 0 N–H and O–H groups in total. The standard InChI is InChI=1S/C25H32N6OS/c1-4-19-5-6-21-22(16-19)33-25(28-21)31-13-11-29(12-14-31)23(32)20-7-9-30(10-8-20)24-26-17(2)15-18(3)27-24/h5-6,15-16,20H,4,7-14H2,1-3H3. The van der Waals surface area contributed by atoms with Gasteiger partial charge in [-0.1, -0.05) is 24.3 Å². The quantitative estimate of drug-likeness (QED) is 0.585. The lowest BCUT2D eigenvalue weighted by atomic mass is 9.95. The van der Waals surface area contributed by atoms with Crippen molar-refractivity contribution < 1.29 is 4.79 Å². The second-order valence-corrected chi connectivity index (χ2v) is 10.2. The number of thiazole rings is 1. The van der Waals surface area contributed by atoms with Crippen LogP contribution in [0.2, 0.25) is 0 Å². The number of aromatic nitrogens is 3. The second kappa shape index (κ2) is 9.25. The molecule has 2 fully saturated rings. The number of nitrogens with zero attached hydrogens (tertiary/aromatic N) is 6. The molecule has 0 radical (unpaired) electrons. The summed E-state index contributed by atoms with van der Waals surface area (Å²) >= 11 is 1.77. The number of amides is 1. The van der Waals surface area contributed by atoms with Gasteiger partial charge in [0, 0.05) is 56.6 Å². The number of fused-ring (bicyclic) bond motifs is 1. The largest absolute Gasteiger partial charge is 0.345 e. The van der Waals surface area contributed by atoms with Crippen LogP contribution in [0.4, 0.5) is 11.1 Å². The zero-order chi connectivity index (χ0) is 22.9. The van der Waals surface area contributed by atoms with Gasteiger partial charge >= 0.3 is 0 Å². The highest BCUT2D eigenvalue weighted by atomic mass is 32.1. The van der Waals surface area contributed by atoms with E-state index in [0.29, 0.717) is 5.91 Å². The van der Waals surface area contributed by atoms with Crippen molar-refractivity contribution in [2.75, 3.05) is 49.1 Å². The minimum absolute atomic E-state index is 0.105. The van der Waals surface area contributed by atoms with Crippen LogP contribution in [0.5, 0.6) is 0 Å². The van der Waals surface area contributed by atoms with Crippen molar-refractivity contribution >= 4 is 38.5 Å². The maximum atomic E-state index is 13.2. The van der Waals surface area contributed by atoms with E-state index in [2.05, 4.69) is 49.8 Å². The Labute approximate surface area is 199 Å². The van der Waals surface area contributed by atoms with E-state index in [1.807, 2.05) is 19.9 Å². The lowest BCUT2D eigenvalue weighted by Gasteiger charge is -2.38. The molecular weight excluding hydrogens is 432 g/mol. The molecule has 0 unspecified atom stereocenters. The van der Waals surface area contributed by atoms with E-state index < -0.39 is 0 Å². The van der Waals surface area contributed by atoms with Crippen LogP contribution in [-0.4, -0.2) is 65.0 Å². The number of rotatable bonds is 4. The summed E-state index contributed by atoms with van der Waals surface area (Å²) in [7, 11) is 0. The molecule has 2 saturated heterocycles. The first kappa shape index (κ1) is 22.1. The first-order valence-corrected chi connectivity index (χ1v) is 12.8. The monoisotopic (exact) mass is 464 g/mol. The van der Waals surface area contributed by atoms with Crippen molar-refractivity contribution in [3.63, 3.8) is 0 Å². The van der Waals surface area contributed by atoms with Gasteiger partial charge in [0.15, 0.2) is 5.13 Å². The number of aryl methyl sites for hydroxylation is 3. The lowest BCUT2D eigenvalue weighted by molar-refractivity contribution is -0.136. The highest BCUT2D eigenvalue weighted by molar-refractivity contribution is 7.22. The Kier molecular flexibility index (Phi) is 6.19. The molecule has 174 valence electrons. The third-order valence-corrected chi connectivity index (χ3v) is 7.89. The summed E-state index contributed by atoms with van der Waals surface area (Å²) < 4.78 is 1.25. The van der Waals surface area contributed by atoms with Crippen LogP contribution in [0, 0.1) is 19.8 Å². The van der Waals surface area contributed by atoms with E-state index in [-0.39, 0.29) is 5.92 Å². The molecule has 33 heavy (non-hydrogen) atoms. The third-order valence-electron chi connectivity index (χ3n) is 6.81. The molecule has 5 rings (SSSR count). The molecule has 2 aliphatic rings. The Balaban J connectivity index is 1.16. The molecule has 0 bridgehead atoms. The Morgan fingerprint density at radius 2 is 1.64 bits per heavy atom. The summed E-state index contributed by atoms with van der Waals surface area (Å²) in [6, 6.07) is 8.55. The topological polar surface area (TPSA) is 65.5 Å². The summed E-state index contributed by atoms with van der Waals surface area (Å²) in [6.07, 6.45) is 2.78. The number of benzene rings is 1. The van der Waals surface area contributed by atoms with E-state index in [0.717, 1.165) is 86.5 Å². The number of anilines is 2. The fraction of sp³-hybridized carbons (Fsp3) is 0.520. The number of piperidine rings is 1. The van der Waals surface area contributed by atoms with Gasteiger partial charge in [0.2, 0.25) is 11.9 Å². The van der Waals surface area contributed by atoms with E-state index in [1.165, 1.54) is 10.3 Å². The van der Waals surface area contributed by atoms with Gasteiger partial charge in [-0.15, -0.1) is 0 Å². The van der Waals surface area contributed by atoms with Crippen molar-refractivity contribution in [2.24, 2.45) is 5.92 Å². The van der Waals surface area contributed by atoms with Gasteiger partial charge in [-0.05, 0) is 56.9 Å². The maximum Gasteiger partial charge on any atom is 0.225 e. The molecule has 0 spiro atoms. The van der Waals surface area contributed by atoms with Crippen LogP contribution in [0.25, 0.3) is 10.2 Å². The van der Waals surface area contributed by atoms with Gasteiger partial charge in [-0.3, -0.25) is 4.79 Å². The molecule has 1 amide bonds. The first-order valence-electron chi connectivity index (χ1n) is 12.0. The molecule has 0 aliphatic carbocycles. The Hall–Kier alpha value is -2.74. The molecule has 2 aromatic heterocycles. The Morgan fingerprint density at radius 1 is 0.939 bits per heavy atom. The van der Waals surface area contributed by atoms with Crippen molar-refractivity contribution in [2.45, 2.75) is 40.0 Å². The predicted molar refractivity (Wildman–Crippen MR) is 134 cm³/mol. The molecule has 3 aromatic rings. The lowest BCUT2D eigenvalue weighted by Crippen LogP contribution is -2.51. The Morgan fingerprint density at radius 3 is 2.30 bits per heavy atom. The van der Waals surface area contributed by atoms with Gasteiger partial charge in [-0.2, -0.15) is 0 Å². The summed E-state index contributed by atoms with van der Waals surface area (Å²) in [5.41, 5.74) is 4.41. The van der Waals surface area contributed by atoms with Crippen molar-refractivity contribution in [1.29, 1.82) is 0 Å². The minimum Gasteiger partial charge on any atom is -0.345 e. The van der Waals surface area contributed by atoms with Gasteiger partial charge in [0.05, 0.1) is 10.2 Å². The zero-order valence-electron chi connectivity index (χ0n) is 19.8. The predicted octanol–water partition coefficient (Wildman–Crippen LogP) is 3.83. The van der Waals surface area contributed by atoms with Crippen LogP contribution in [0.3, 0.4) is 0 Å². The number of piperazine rings is 1. The van der Waals surface area contributed by atoms with Crippen LogP contribution in [0.15, 0.2) is 24.3 Å². The fourth-order valence-electron chi connectivity index (χ4n) is 4.86. The molecule has 7 nitrogen and oxygen atoms in total. The molecule has 2 aliphatic heterocycles. The molecule has 1 aromatic carbocycles. The molecule has 0 saturated carbocycles. The van der Waals surface area contributed by atoms with E-state index in [1.54, 1.807) is 11.3 Å². The van der Waals surface area contributed by atoms with Gasteiger partial charge in [-0.25, -0.2) is 15.0 Å². The average Bonchev–Trinajstić information content (AvgIpc) is 3.26. The smallest absolute Gasteiger partial charge is 0.225 e. The molecular formula is C25H32N6OS. The summed E-state index contributed by atoms with van der Waals surface area (Å²) in [4.78, 5) is 33.8. The Bertz CT molecular complexity index is 1120. The summed E-state index contributed by atoms with van der Waals surface area (Å²) in [6.45, 7) is 11.1. The van der Waals surface area contributed by atoms with E-state index in [4.69, 9.17) is 4.98 Å². The van der Waals surface area contributed by atoms with Gasteiger partial charge in [0.25, 0.3) is 0 Å². The first-order chi connectivity index (χ1) is 16.0. The average molecular weight is 465 g/mol. The van der Waals surface area contributed by atoms with Crippen molar-refractivity contribution in [1.82, 2.24) is 19.9 Å². The van der Waals surface area contributed by atoms with Crippen molar-refractivity contribution in [3.8, 4) is 0 Å². The summed E-state index contributed by atoms with van der Waals surface area (Å²) in [5.74, 6) is 1.22. The second-order valence-electron chi connectivity index (χ2n) is 9.18. The SMILES string of the molecule is CCc1ccc2nc(N3CCN(C(=O)C4CCN(c5nc(C)cc(C)n5)CC4)CC3)sc2c1. The van der Waals surface area contributed by atoms with Gasteiger partial charge < -0.3 is 14.7 Å². The normalized spacial score (nSPS) is 17.7. The summed E-state index contributed by atoms with van der Waals surface area (Å²) in [5, 5.41) is 1.08. The molecule has 8 heteroatoms. The van der Waals surface area contributed by atoms with Crippen LogP contribution >= 0.6 is 11.3 Å². The molecule has 0 atom stereocenters. The highest BCUT2D eigenvalue weighted by Gasteiger charge is 2.31. The van der Waals surface area contributed by atoms with Gasteiger partial charge in [0.1, 0.15) is 0 Å². The number of hydrogen-bond donors (Lipinski definition) is 0. The molecule has 4 heterocycles. The maximum absolute atomic E-state index is 13.2. The fourth-order valence-corrected chi connectivity index (χ4v) is 5.94. The highest BCUT2D eigenvalue weighted by Crippen LogP contribution is 2.31. The zero-order valence-corrected chi connectivity index (χ0v) is 20.6.